The van der Waals surface area contributed by atoms with Gasteiger partial charge in [-0.05, 0) is 92.3 Å². The number of ketones is 1. The number of nitrogens with one attached hydrogen (secondary N) is 1. The molecule has 4 fully saturated rings. The lowest BCUT2D eigenvalue weighted by atomic mass is 9.44. The number of amides is 1. The minimum Gasteiger partial charge on any atom is -0.453 e. The third-order valence-corrected chi connectivity index (χ3v) is 9.82. The highest BCUT2D eigenvalue weighted by Gasteiger charge is 2.62. The molecule has 4 aliphatic carbocycles. The van der Waals surface area contributed by atoms with Crippen LogP contribution in [0.25, 0.3) is 0 Å². The summed E-state index contributed by atoms with van der Waals surface area (Å²) < 4.78 is 4.66. The van der Waals surface area contributed by atoms with Crippen LogP contribution in [0.4, 0.5) is 4.79 Å². The summed E-state index contributed by atoms with van der Waals surface area (Å²) in [6.07, 6.45) is 9.83. The van der Waals surface area contributed by atoms with Gasteiger partial charge >= 0.3 is 6.09 Å². The fraction of sp³-hybridized carbons (Fsp3) is 0.917. The predicted molar refractivity (Wildman–Crippen MR) is 111 cm³/mol. The molecule has 1 amide bonds. The lowest BCUT2D eigenvalue weighted by Crippen LogP contribution is -2.57. The van der Waals surface area contributed by atoms with Crippen molar-refractivity contribution in [2.75, 3.05) is 13.7 Å². The molecule has 4 saturated carbocycles. The van der Waals surface area contributed by atoms with Crippen molar-refractivity contribution >= 4 is 11.9 Å². The summed E-state index contributed by atoms with van der Waals surface area (Å²) >= 11 is 0. The lowest BCUT2D eigenvalue weighted by molar-refractivity contribution is -0.160. The molecule has 5 nitrogen and oxygen atoms in total. The maximum atomic E-state index is 13.3. The molecular weight excluding hydrogens is 366 g/mol. The van der Waals surface area contributed by atoms with Crippen LogP contribution in [0.15, 0.2) is 0 Å². The molecule has 0 bridgehead atoms. The van der Waals surface area contributed by atoms with Crippen LogP contribution in [0.1, 0.15) is 78.1 Å². The van der Waals surface area contributed by atoms with Gasteiger partial charge in [-0.1, -0.05) is 13.8 Å². The van der Waals surface area contributed by atoms with Crippen molar-refractivity contribution in [3.8, 4) is 0 Å². The molecule has 0 aromatic carbocycles. The first kappa shape index (κ1) is 21.1. The molecule has 0 aliphatic heterocycles. The van der Waals surface area contributed by atoms with Crippen molar-refractivity contribution in [2.24, 2.45) is 40.4 Å². The molecule has 2 N–H and O–H groups in total. The second-order valence-electron chi connectivity index (χ2n) is 10.9. The average molecular weight is 406 g/mol. The molecule has 4 aliphatic rings. The lowest BCUT2D eigenvalue weighted by Gasteiger charge is -2.60. The van der Waals surface area contributed by atoms with Gasteiger partial charge in [0.05, 0.1) is 13.2 Å². The van der Waals surface area contributed by atoms with Crippen molar-refractivity contribution in [1.82, 2.24) is 5.32 Å². The SMILES string of the molecule is COC(=O)NCCCC1CCC2C3C(=O)CC4C[C@H](O)CCC4(C)C3CCC12C. The Labute approximate surface area is 175 Å². The van der Waals surface area contributed by atoms with E-state index in [2.05, 4.69) is 23.9 Å². The van der Waals surface area contributed by atoms with Crippen LogP contribution in [-0.4, -0.2) is 36.7 Å². The first-order chi connectivity index (χ1) is 13.8. The number of Topliss-reactive ketones (excluding diaryl/α,β-unsaturated/α-hetero) is 1. The number of hydrogen-bond donors (Lipinski definition) is 2. The molecule has 8 atom stereocenters. The number of fused-ring (bicyclic) bond motifs is 5. The van der Waals surface area contributed by atoms with E-state index < -0.39 is 0 Å². The first-order valence-corrected chi connectivity index (χ1v) is 11.8. The number of hydrogen-bond acceptors (Lipinski definition) is 4. The van der Waals surface area contributed by atoms with Crippen LogP contribution in [0.2, 0.25) is 0 Å². The number of alkyl carbamates (subject to hydrolysis) is 1. The zero-order valence-corrected chi connectivity index (χ0v) is 18.4. The zero-order valence-electron chi connectivity index (χ0n) is 18.4. The summed E-state index contributed by atoms with van der Waals surface area (Å²) in [6, 6.07) is 0. The summed E-state index contributed by atoms with van der Waals surface area (Å²) in [4.78, 5) is 24.6. The van der Waals surface area contributed by atoms with Gasteiger partial charge in [0.15, 0.2) is 0 Å². The Balaban J connectivity index is 1.45. The van der Waals surface area contributed by atoms with E-state index in [4.69, 9.17) is 0 Å². The molecule has 0 aromatic heterocycles. The number of aliphatic hydroxyl groups excluding tert-OH is 1. The molecular formula is C24H39NO4. The van der Waals surface area contributed by atoms with E-state index >= 15 is 0 Å². The van der Waals surface area contributed by atoms with Gasteiger partial charge in [0.1, 0.15) is 5.78 Å². The number of aliphatic hydroxyl groups is 1. The Morgan fingerprint density at radius 3 is 2.62 bits per heavy atom. The van der Waals surface area contributed by atoms with Crippen LogP contribution in [0.3, 0.4) is 0 Å². The smallest absolute Gasteiger partial charge is 0.406 e. The van der Waals surface area contributed by atoms with Gasteiger partial charge in [-0.2, -0.15) is 0 Å². The molecule has 0 saturated heterocycles. The van der Waals surface area contributed by atoms with Gasteiger partial charge in [0, 0.05) is 18.9 Å². The Hall–Kier alpha value is -1.10. The highest BCUT2D eigenvalue weighted by atomic mass is 16.5. The number of rotatable bonds is 4. The third kappa shape index (κ3) is 3.51. The Morgan fingerprint density at radius 1 is 1.14 bits per heavy atom. The quantitative estimate of drug-likeness (QED) is 0.683. The van der Waals surface area contributed by atoms with E-state index in [1.54, 1.807) is 0 Å². The highest BCUT2D eigenvalue weighted by molar-refractivity contribution is 5.83. The minimum absolute atomic E-state index is 0.208. The topological polar surface area (TPSA) is 75.6 Å². The van der Waals surface area contributed by atoms with Gasteiger partial charge < -0.3 is 15.2 Å². The summed E-state index contributed by atoms with van der Waals surface area (Å²) in [6.45, 7) is 5.55. The molecule has 164 valence electrons. The van der Waals surface area contributed by atoms with Crippen molar-refractivity contribution in [3.63, 3.8) is 0 Å². The van der Waals surface area contributed by atoms with Gasteiger partial charge in [0.2, 0.25) is 0 Å². The van der Waals surface area contributed by atoms with E-state index in [1.807, 2.05) is 0 Å². The van der Waals surface area contributed by atoms with Gasteiger partial charge in [-0.3, -0.25) is 4.79 Å². The van der Waals surface area contributed by atoms with Crippen LogP contribution >= 0.6 is 0 Å². The normalized spacial score (nSPS) is 46.4. The van der Waals surface area contributed by atoms with Crippen LogP contribution in [0.5, 0.6) is 0 Å². The van der Waals surface area contributed by atoms with E-state index in [0.29, 0.717) is 42.4 Å². The molecule has 0 heterocycles. The maximum absolute atomic E-state index is 13.3. The molecule has 0 radical (unpaired) electrons. The molecule has 0 aromatic rings. The summed E-state index contributed by atoms with van der Waals surface area (Å²) in [5.41, 5.74) is 0.501. The van der Waals surface area contributed by atoms with Crippen molar-refractivity contribution < 1.29 is 19.4 Å². The number of methoxy groups -OCH3 is 1. The highest BCUT2D eigenvalue weighted by Crippen LogP contribution is 2.67. The minimum atomic E-state index is -0.353. The summed E-state index contributed by atoms with van der Waals surface area (Å²) in [7, 11) is 1.40. The molecule has 29 heavy (non-hydrogen) atoms. The Morgan fingerprint density at radius 2 is 1.86 bits per heavy atom. The van der Waals surface area contributed by atoms with Crippen LogP contribution < -0.4 is 5.32 Å². The van der Waals surface area contributed by atoms with Gasteiger partial charge in [0.25, 0.3) is 0 Å². The third-order valence-electron chi connectivity index (χ3n) is 9.82. The van der Waals surface area contributed by atoms with Crippen molar-refractivity contribution in [1.29, 1.82) is 0 Å². The fourth-order valence-electron chi connectivity index (χ4n) is 8.10. The van der Waals surface area contributed by atoms with E-state index in [1.165, 1.54) is 32.8 Å². The first-order valence-electron chi connectivity index (χ1n) is 11.8. The van der Waals surface area contributed by atoms with E-state index in [9.17, 15) is 14.7 Å². The molecule has 4 rings (SSSR count). The molecule has 0 spiro atoms. The number of ether oxygens (including phenoxy) is 1. The van der Waals surface area contributed by atoms with E-state index in [-0.39, 0.29) is 28.9 Å². The van der Waals surface area contributed by atoms with Crippen LogP contribution in [-0.2, 0) is 9.53 Å². The summed E-state index contributed by atoms with van der Waals surface area (Å²) in [5, 5.41) is 13.0. The molecule has 7 unspecified atom stereocenters. The number of carbonyl (C=O) groups excluding carboxylic acids is 2. The number of carbonyl (C=O) groups is 2. The second-order valence-corrected chi connectivity index (χ2v) is 10.9. The Bertz CT molecular complexity index is 651. The van der Waals surface area contributed by atoms with Gasteiger partial charge in [-0.15, -0.1) is 0 Å². The zero-order chi connectivity index (χ0) is 20.8. The largest absolute Gasteiger partial charge is 0.453 e. The van der Waals surface area contributed by atoms with Crippen molar-refractivity contribution in [2.45, 2.75) is 84.2 Å². The fourth-order valence-corrected chi connectivity index (χ4v) is 8.10. The van der Waals surface area contributed by atoms with E-state index in [0.717, 1.165) is 32.1 Å². The van der Waals surface area contributed by atoms with Crippen LogP contribution in [0, 0.1) is 40.4 Å². The maximum Gasteiger partial charge on any atom is 0.406 e. The molecule has 5 heteroatoms. The van der Waals surface area contributed by atoms with Gasteiger partial charge in [-0.25, -0.2) is 4.79 Å². The monoisotopic (exact) mass is 405 g/mol. The second kappa shape index (κ2) is 7.86. The Kier molecular flexibility index (Phi) is 5.73. The standard InChI is InChI=1S/C24H39NO4/c1-23-11-9-19-21(20(27)14-16-13-17(26)8-10-24(16,19)2)18(23)7-6-15(23)5-4-12-25-22(28)29-3/h15-19,21,26H,4-14H2,1-3H3,(H,25,28)/t15?,16?,17-,18?,19?,21?,23?,24?/m1/s1. The summed E-state index contributed by atoms with van der Waals surface area (Å²) in [5.74, 6) is 2.81. The average Bonchev–Trinajstić information content (AvgIpc) is 3.03. The van der Waals surface area contributed by atoms with Crippen molar-refractivity contribution in [3.05, 3.63) is 0 Å². The predicted octanol–water partition coefficient (Wildman–Crippen LogP) is 4.32.